The average Bonchev–Trinajstić information content (AvgIpc) is 2.27. The molecule has 0 bridgehead atoms. The lowest BCUT2D eigenvalue weighted by Gasteiger charge is -2.36. The van der Waals surface area contributed by atoms with E-state index < -0.39 is 5.92 Å². The van der Waals surface area contributed by atoms with Gasteiger partial charge in [0, 0.05) is 18.9 Å². The molecule has 0 amide bonds. The molecule has 12 heavy (non-hydrogen) atoms. The molecule has 2 unspecified atom stereocenters. The lowest BCUT2D eigenvalue weighted by atomic mass is 9.76. The van der Waals surface area contributed by atoms with Gasteiger partial charge in [-0.15, -0.1) is 0 Å². The molecule has 0 spiro atoms. The first-order valence-corrected chi connectivity index (χ1v) is 4.48. The van der Waals surface area contributed by atoms with Crippen molar-refractivity contribution in [1.82, 2.24) is 0 Å². The highest BCUT2D eigenvalue weighted by atomic mass is 19.3. The van der Waals surface area contributed by atoms with Gasteiger partial charge < -0.3 is 5.73 Å². The van der Waals surface area contributed by atoms with Crippen LogP contribution in [-0.4, -0.2) is 12.0 Å². The molecule has 1 nitrogen and oxygen atoms in total. The molecule has 2 aliphatic rings. The van der Waals surface area contributed by atoms with E-state index in [2.05, 4.69) is 13.8 Å². The highest BCUT2D eigenvalue weighted by Gasteiger charge is 2.64. The van der Waals surface area contributed by atoms with Crippen LogP contribution in [0.4, 0.5) is 8.78 Å². The first kappa shape index (κ1) is 8.42. The smallest absolute Gasteiger partial charge is 0.248 e. The predicted molar refractivity (Wildman–Crippen MR) is 42.9 cm³/mol. The summed E-state index contributed by atoms with van der Waals surface area (Å²) in [6.45, 7) is 4.14. The van der Waals surface area contributed by atoms with Gasteiger partial charge >= 0.3 is 0 Å². The second kappa shape index (κ2) is 2.00. The summed E-state index contributed by atoms with van der Waals surface area (Å²) in [7, 11) is 0. The van der Waals surface area contributed by atoms with Gasteiger partial charge in [-0.3, -0.25) is 0 Å². The van der Waals surface area contributed by atoms with Gasteiger partial charge in [0.05, 0.1) is 0 Å². The van der Waals surface area contributed by atoms with E-state index in [0.717, 1.165) is 0 Å². The van der Waals surface area contributed by atoms with Crippen LogP contribution in [0.1, 0.15) is 26.7 Å². The van der Waals surface area contributed by atoms with Crippen LogP contribution in [-0.2, 0) is 0 Å². The van der Waals surface area contributed by atoms with E-state index in [1.807, 2.05) is 0 Å². The number of alkyl halides is 2. The maximum atomic E-state index is 12.5. The fraction of sp³-hybridized carbons (Fsp3) is 1.00. The highest BCUT2D eigenvalue weighted by molar-refractivity contribution is 5.14. The van der Waals surface area contributed by atoms with Gasteiger partial charge in [0.2, 0.25) is 5.92 Å². The van der Waals surface area contributed by atoms with Crippen LogP contribution in [0.3, 0.4) is 0 Å². The third-order valence-electron chi connectivity index (χ3n) is 3.63. The Kier molecular flexibility index (Phi) is 1.41. The molecular formula is C9H15F2N. The quantitative estimate of drug-likeness (QED) is 0.648. The van der Waals surface area contributed by atoms with E-state index in [0.29, 0.717) is 5.92 Å². The van der Waals surface area contributed by atoms with E-state index in [-0.39, 0.29) is 30.2 Å². The average molecular weight is 175 g/mol. The van der Waals surface area contributed by atoms with E-state index in [9.17, 15) is 8.78 Å². The summed E-state index contributed by atoms with van der Waals surface area (Å²) in [4.78, 5) is 0. The van der Waals surface area contributed by atoms with Gasteiger partial charge in [0.15, 0.2) is 0 Å². The van der Waals surface area contributed by atoms with Crippen molar-refractivity contribution in [2.75, 3.05) is 0 Å². The zero-order chi connectivity index (χ0) is 9.15. The summed E-state index contributed by atoms with van der Waals surface area (Å²) < 4.78 is 25.0. The molecule has 0 aromatic rings. The summed E-state index contributed by atoms with van der Waals surface area (Å²) in [5.41, 5.74) is 5.91. The third-order valence-corrected chi connectivity index (χ3v) is 3.63. The monoisotopic (exact) mass is 175 g/mol. The number of hydrogen-bond acceptors (Lipinski definition) is 1. The Morgan fingerprint density at radius 1 is 1.25 bits per heavy atom. The van der Waals surface area contributed by atoms with Crippen LogP contribution >= 0.6 is 0 Å². The van der Waals surface area contributed by atoms with E-state index in [4.69, 9.17) is 5.73 Å². The Morgan fingerprint density at radius 3 is 1.92 bits per heavy atom. The van der Waals surface area contributed by atoms with Crippen molar-refractivity contribution in [1.29, 1.82) is 0 Å². The zero-order valence-electron chi connectivity index (χ0n) is 7.48. The van der Waals surface area contributed by atoms with Crippen molar-refractivity contribution in [2.45, 2.75) is 38.7 Å². The molecule has 2 rings (SSSR count). The number of rotatable bonds is 1. The van der Waals surface area contributed by atoms with Crippen LogP contribution < -0.4 is 5.73 Å². The predicted octanol–water partition coefficient (Wildman–Crippen LogP) is 2.02. The molecule has 0 aliphatic heterocycles. The Balaban J connectivity index is 1.92. The molecule has 2 fully saturated rings. The van der Waals surface area contributed by atoms with Gasteiger partial charge in [-0.1, -0.05) is 13.8 Å². The lowest BCUT2D eigenvalue weighted by molar-refractivity contribution is -0.119. The zero-order valence-corrected chi connectivity index (χ0v) is 7.48. The summed E-state index contributed by atoms with van der Waals surface area (Å²) in [5.74, 6) is -1.86. The molecule has 0 aromatic heterocycles. The summed E-state index contributed by atoms with van der Waals surface area (Å²) in [6, 6.07) is 0.151. The van der Waals surface area contributed by atoms with Crippen LogP contribution in [0.15, 0.2) is 0 Å². The molecule has 0 radical (unpaired) electrons. The van der Waals surface area contributed by atoms with Crippen molar-refractivity contribution >= 4 is 0 Å². The highest BCUT2D eigenvalue weighted by Crippen LogP contribution is 2.62. The normalized spacial score (nSPS) is 43.8. The fourth-order valence-electron chi connectivity index (χ4n) is 2.58. The fourth-order valence-corrected chi connectivity index (χ4v) is 2.58. The summed E-state index contributed by atoms with van der Waals surface area (Å²) in [6.07, 6.45) is 0.129. The molecule has 3 heteroatoms. The standard InChI is InChI=1S/C9H15F2N/c1-8(2)6(7(8)12)5-3-9(10,11)4-5/h5-7H,3-4,12H2,1-2H3. The molecule has 2 N–H and O–H groups in total. The van der Waals surface area contributed by atoms with Crippen molar-refractivity contribution < 1.29 is 8.78 Å². The molecule has 2 atom stereocenters. The topological polar surface area (TPSA) is 26.0 Å². The molecule has 0 aromatic carbocycles. The first-order chi connectivity index (χ1) is 5.34. The molecule has 2 saturated carbocycles. The van der Waals surface area contributed by atoms with E-state index >= 15 is 0 Å². The molecule has 0 saturated heterocycles. The Bertz CT molecular complexity index is 205. The van der Waals surface area contributed by atoms with Crippen LogP contribution in [0.2, 0.25) is 0 Å². The SMILES string of the molecule is CC1(C)C(N)C1C1CC(F)(F)C1. The second-order valence-corrected chi connectivity index (χ2v) is 4.90. The van der Waals surface area contributed by atoms with Crippen LogP contribution in [0.5, 0.6) is 0 Å². The Morgan fingerprint density at radius 2 is 1.67 bits per heavy atom. The van der Waals surface area contributed by atoms with Gasteiger partial charge in [0.1, 0.15) is 0 Å². The molecule has 2 aliphatic carbocycles. The van der Waals surface area contributed by atoms with E-state index in [1.165, 1.54) is 0 Å². The van der Waals surface area contributed by atoms with Gasteiger partial charge in [0.25, 0.3) is 0 Å². The summed E-state index contributed by atoms with van der Waals surface area (Å²) in [5, 5.41) is 0. The minimum absolute atomic E-state index is 0.0643. The van der Waals surface area contributed by atoms with Crippen molar-refractivity contribution in [3.8, 4) is 0 Å². The van der Waals surface area contributed by atoms with Gasteiger partial charge in [-0.25, -0.2) is 8.78 Å². The number of nitrogens with two attached hydrogens (primary N) is 1. The molecular weight excluding hydrogens is 160 g/mol. The van der Waals surface area contributed by atoms with Crippen LogP contribution in [0.25, 0.3) is 0 Å². The molecule has 0 heterocycles. The maximum Gasteiger partial charge on any atom is 0.248 e. The minimum Gasteiger partial charge on any atom is -0.327 e. The largest absolute Gasteiger partial charge is 0.327 e. The van der Waals surface area contributed by atoms with Crippen molar-refractivity contribution in [2.24, 2.45) is 23.0 Å². The Labute approximate surface area is 71.3 Å². The lowest BCUT2D eigenvalue weighted by Crippen LogP contribution is -2.38. The third kappa shape index (κ3) is 0.987. The minimum atomic E-state index is -2.39. The van der Waals surface area contributed by atoms with Gasteiger partial charge in [-0.05, 0) is 17.3 Å². The second-order valence-electron chi connectivity index (χ2n) is 4.90. The Hall–Kier alpha value is -0.180. The maximum absolute atomic E-state index is 12.5. The number of hydrogen-bond donors (Lipinski definition) is 1. The van der Waals surface area contributed by atoms with Gasteiger partial charge in [-0.2, -0.15) is 0 Å². The number of halogens is 2. The van der Waals surface area contributed by atoms with E-state index in [1.54, 1.807) is 0 Å². The van der Waals surface area contributed by atoms with Crippen molar-refractivity contribution in [3.63, 3.8) is 0 Å². The molecule has 70 valence electrons. The van der Waals surface area contributed by atoms with Crippen molar-refractivity contribution in [3.05, 3.63) is 0 Å². The summed E-state index contributed by atoms with van der Waals surface area (Å²) >= 11 is 0. The first-order valence-electron chi connectivity index (χ1n) is 4.48. The van der Waals surface area contributed by atoms with Crippen LogP contribution in [0, 0.1) is 17.3 Å².